The molecule has 96 valence electrons. The molecule has 0 aliphatic carbocycles. The highest BCUT2D eigenvalue weighted by atomic mass is 35.5. The van der Waals surface area contributed by atoms with E-state index in [-0.39, 0.29) is 6.04 Å². The molecule has 1 aromatic heterocycles. The molecule has 2 rings (SSSR count). The van der Waals surface area contributed by atoms with Crippen LogP contribution in [0.15, 0.2) is 24.5 Å². The Kier molecular flexibility index (Phi) is 3.73. The second-order valence-electron chi connectivity index (χ2n) is 4.70. The van der Waals surface area contributed by atoms with E-state index < -0.39 is 0 Å². The molecule has 2 aromatic rings. The number of nitrogens with zero attached hydrogens (tertiary/aromatic N) is 2. The quantitative estimate of drug-likeness (QED) is 0.925. The summed E-state index contributed by atoms with van der Waals surface area (Å²) in [4.78, 5) is 4.33. The van der Waals surface area contributed by atoms with Crippen molar-refractivity contribution in [3.63, 3.8) is 0 Å². The monoisotopic (exact) mass is 263 g/mol. The minimum atomic E-state index is 0.0774. The van der Waals surface area contributed by atoms with Gasteiger partial charge in [-0.25, -0.2) is 4.98 Å². The zero-order valence-electron chi connectivity index (χ0n) is 10.9. The molecule has 0 saturated heterocycles. The summed E-state index contributed by atoms with van der Waals surface area (Å²) in [6.07, 6.45) is 2.59. The van der Waals surface area contributed by atoms with Crippen LogP contribution in [0.5, 0.6) is 0 Å². The Bertz CT molecular complexity index is 558. The van der Waals surface area contributed by atoms with Gasteiger partial charge in [-0.2, -0.15) is 0 Å². The van der Waals surface area contributed by atoms with E-state index in [1.54, 1.807) is 0 Å². The SMILES string of the molecule is Cc1ncn(-c2cccc(Cl)c2CC(C)N)c1C. The van der Waals surface area contributed by atoms with Crippen LogP contribution in [-0.2, 0) is 6.42 Å². The van der Waals surface area contributed by atoms with Crippen LogP contribution in [0.25, 0.3) is 5.69 Å². The van der Waals surface area contributed by atoms with Gasteiger partial charge in [-0.1, -0.05) is 17.7 Å². The Hall–Kier alpha value is -1.32. The molecule has 3 nitrogen and oxygen atoms in total. The predicted molar refractivity (Wildman–Crippen MR) is 75.4 cm³/mol. The molecule has 0 fully saturated rings. The molecule has 18 heavy (non-hydrogen) atoms. The molecule has 1 unspecified atom stereocenters. The largest absolute Gasteiger partial charge is 0.328 e. The van der Waals surface area contributed by atoms with Gasteiger partial charge in [-0.15, -0.1) is 0 Å². The normalized spacial score (nSPS) is 12.7. The van der Waals surface area contributed by atoms with Crippen LogP contribution in [0, 0.1) is 13.8 Å². The molecular formula is C14H18ClN3. The summed E-state index contributed by atoms with van der Waals surface area (Å²) >= 11 is 6.29. The smallest absolute Gasteiger partial charge is 0.0997 e. The van der Waals surface area contributed by atoms with Crippen LogP contribution in [0.4, 0.5) is 0 Å². The predicted octanol–water partition coefficient (Wildman–Crippen LogP) is 3.03. The van der Waals surface area contributed by atoms with Gasteiger partial charge in [0, 0.05) is 16.8 Å². The van der Waals surface area contributed by atoms with Crippen molar-refractivity contribution in [2.24, 2.45) is 5.73 Å². The maximum Gasteiger partial charge on any atom is 0.0997 e. The number of nitrogens with two attached hydrogens (primary N) is 1. The molecule has 0 radical (unpaired) electrons. The van der Waals surface area contributed by atoms with E-state index in [1.165, 1.54) is 0 Å². The molecular weight excluding hydrogens is 246 g/mol. The average molecular weight is 264 g/mol. The molecule has 4 heteroatoms. The van der Waals surface area contributed by atoms with Crippen LogP contribution < -0.4 is 5.73 Å². The topological polar surface area (TPSA) is 43.8 Å². The highest BCUT2D eigenvalue weighted by Crippen LogP contribution is 2.26. The Balaban J connectivity index is 2.57. The molecule has 0 amide bonds. The number of rotatable bonds is 3. The van der Waals surface area contributed by atoms with Crippen molar-refractivity contribution in [1.29, 1.82) is 0 Å². The Morgan fingerprint density at radius 1 is 1.39 bits per heavy atom. The van der Waals surface area contributed by atoms with Crippen molar-refractivity contribution in [3.05, 3.63) is 46.5 Å². The maximum absolute atomic E-state index is 6.29. The standard InChI is InChI=1S/C14H18ClN3/c1-9(16)7-12-13(15)5-4-6-14(12)18-8-17-10(2)11(18)3/h4-6,8-9H,7,16H2,1-3H3. The number of hydrogen-bond acceptors (Lipinski definition) is 2. The van der Waals surface area contributed by atoms with E-state index in [0.717, 1.165) is 34.1 Å². The van der Waals surface area contributed by atoms with E-state index >= 15 is 0 Å². The lowest BCUT2D eigenvalue weighted by Gasteiger charge is -2.15. The maximum atomic E-state index is 6.29. The summed E-state index contributed by atoms with van der Waals surface area (Å²) < 4.78 is 2.07. The van der Waals surface area contributed by atoms with Gasteiger partial charge in [0.2, 0.25) is 0 Å². The lowest BCUT2D eigenvalue weighted by Crippen LogP contribution is -2.19. The van der Waals surface area contributed by atoms with Gasteiger partial charge in [-0.3, -0.25) is 0 Å². The van der Waals surface area contributed by atoms with Gasteiger partial charge in [0.15, 0.2) is 0 Å². The van der Waals surface area contributed by atoms with E-state index in [9.17, 15) is 0 Å². The van der Waals surface area contributed by atoms with E-state index in [4.69, 9.17) is 17.3 Å². The van der Waals surface area contributed by atoms with Crippen LogP contribution in [0.2, 0.25) is 5.02 Å². The highest BCUT2D eigenvalue weighted by molar-refractivity contribution is 6.31. The fourth-order valence-corrected chi connectivity index (χ4v) is 2.29. The number of hydrogen-bond donors (Lipinski definition) is 1. The van der Waals surface area contributed by atoms with Gasteiger partial charge in [0.1, 0.15) is 0 Å². The first kappa shape index (κ1) is 13.1. The molecule has 2 N–H and O–H groups in total. The fraction of sp³-hybridized carbons (Fsp3) is 0.357. The molecule has 1 aromatic carbocycles. The first-order chi connectivity index (χ1) is 8.50. The van der Waals surface area contributed by atoms with Gasteiger partial charge >= 0.3 is 0 Å². The second-order valence-corrected chi connectivity index (χ2v) is 5.11. The van der Waals surface area contributed by atoms with Crippen molar-refractivity contribution < 1.29 is 0 Å². The van der Waals surface area contributed by atoms with E-state index in [2.05, 4.69) is 22.5 Å². The molecule has 0 aliphatic heterocycles. The molecule has 0 saturated carbocycles. The number of aromatic nitrogens is 2. The van der Waals surface area contributed by atoms with Crippen molar-refractivity contribution in [1.82, 2.24) is 9.55 Å². The van der Waals surface area contributed by atoms with Crippen molar-refractivity contribution in [3.8, 4) is 5.69 Å². The van der Waals surface area contributed by atoms with Crippen LogP contribution in [0.1, 0.15) is 23.9 Å². The molecule has 1 heterocycles. The third-order valence-electron chi connectivity index (χ3n) is 3.13. The van der Waals surface area contributed by atoms with Gasteiger partial charge < -0.3 is 10.3 Å². The minimum absolute atomic E-state index is 0.0774. The number of imidazole rings is 1. The van der Waals surface area contributed by atoms with Crippen molar-refractivity contribution >= 4 is 11.6 Å². The zero-order valence-corrected chi connectivity index (χ0v) is 11.7. The number of benzene rings is 1. The Morgan fingerprint density at radius 3 is 2.67 bits per heavy atom. The zero-order chi connectivity index (χ0) is 13.3. The number of halogens is 1. The molecule has 0 aliphatic rings. The van der Waals surface area contributed by atoms with Crippen LogP contribution >= 0.6 is 11.6 Å². The summed E-state index contributed by atoms with van der Waals surface area (Å²) in [6.45, 7) is 6.04. The van der Waals surface area contributed by atoms with E-state index in [0.29, 0.717) is 0 Å². The third kappa shape index (κ3) is 2.42. The lowest BCUT2D eigenvalue weighted by atomic mass is 10.0. The fourth-order valence-electron chi connectivity index (χ4n) is 2.04. The second kappa shape index (κ2) is 5.12. The van der Waals surface area contributed by atoms with Crippen molar-refractivity contribution in [2.75, 3.05) is 0 Å². The van der Waals surface area contributed by atoms with Gasteiger partial charge in [-0.05, 0) is 44.9 Å². The van der Waals surface area contributed by atoms with Crippen LogP contribution in [0.3, 0.4) is 0 Å². The Morgan fingerprint density at radius 2 is 2.11 bits per heavy atom. The molecule has 0 bridgehead atoms. The third-order valence-corrected chi connectivity index (χ3v) is 3.49. The van der Waals surface area contributed by atoms with Crippen molar-refractivity contribution in [2.45, 2.75) is 33.2 Å². The lowest BCUT2D eigenvalue weighted by molar-refractivity contribution is 0.732. The summed E-state index contributed by atoms with van der Waals surface area (Å²) in [7, 11) is 0. The summed E-state index contributed by atoms with van der Waals surface area (Å²) in [6, 6.07) is 5.99. The summed E-state index contributed by atoms with van der Waals surface area (Å²) in [5.74, 6) is 0. The summed E-state index contributed by atoms with van der Waals surface area (Å²) in [5, 5.41) is 0.760. The first-order valence-electron chi connectivity index (χ1n) is 6.04. The Labute approximate surface area is 113 Å². The first-order valence-corrected chi connectivity index (χ1v) is 6.42. The molecule has 1 atom stereocenters. The van der Waals surface area contributed by atoms with Crippen LogP contribution in [-0.4, -0.2) is 15.6 Å². The molecule has 0 spiro atoms. The summed E-state index contributed by atoms with van der Waals surface area (Å²) in [5.41, 5.74) is 10.2. The van der Waals surface area contributed by atoms with E-state index in [1.807, 2.05) is 32.3 Å². The minimum Gasteiger partial charge on any atom is -0.328 e. The highest BCUT2D eigenvalue weighted by Gasteiger charge is 2.13. The number of aryl methyl sites for hydroxylation is 1. The van der Waals surface area contributed by atoms with Gasteiger partial charge in [0.05, 0.1) is 17.7 Å². The average Bonchev–Trinajstić information content (AvgIpc) is 2.62. The van der Waals surface area contributed by atoms with Gasteiger partial charge in [0.25, 0.3) is 0 Å².